The largest absolute Gasteiger partial charge is 0.462 e. The van der Waals surface area contributed by atoms with Crippen LogP contribution in [0.15, 0.2) is 60.8 Å². The second-order valence-corrected chi connectivity index (χ2v) is 24.1. The van der Waals surface area contributed by atoms with Gasteiger partial charge in [0.15, 0.2) is 6.10 Å². The third-order valence-corrected chi connectivity index (χ3v) is 16.0. The molecule has 0 heterocycles. The van der Waals surface area contributed by atoms with E-state index in [1.807, 2.05) is 0 Å². The maximum absolute atomic E-state index is 12.9. The summed E-state index contributed by atoms with van der Waals surface area (Å²) in [4.78, 5) is 38.1. The second kappa shape index (κ2) is 69.6. The summed E-state index contributed by atoms with van der Waals surface area (Å²) in [7, 11) is 0. The van der Waals surface area contributed by atoms with Crippen LogP contribution in [0.25, 0.3) is 0 Å². The van der Waals surface area contributed by atoms with E-state index in [4.69, 9.17) is 14.2 Å². The molecule has 0 saturated carbocycles. The Morgan fingerprint density at radius 1 is 0.259 bits per heavy atom. The number of carbonyl (C=O) groups excluding carboxylic acids is 3. The van der Waals surface area contributed by atoms with Gasteiger partial charge in [-0.25, -0.2) is 0 Å². The van der Waals surface area contributed by atoms with Crippen LogP contribution in [0.1, 0.15) is 380 Å². The lowest BCUT2D eigenvalue weighted by molar-refractivity contribution is -0.167. The van der Waals surface area contributed by atoms with Crippen LogP contribution in [0.4, 0.5) is 0 Å². The Bertz CT molecular complexity index is 1440. The van der Waals surface area contributed by atoms with E-state index < -0.39 is 6.10 Å². The zero-order chi connectivity index (χ0) is 58.5. The van der Waals surface area contributed by atoms with Crippen molar-refractivity contribution >= 4 is 17.9 Å². The molecule has 6 heteroatoms. The Morgan fingerprint density at radius 2 is 0.481 bits per heavy atom. The van der Waals surface area contributed by atoms with Crippen LogP contribution < -0.4 is 0 Å². The lowest BCUT2D eigenvalue weighted by atomic mass is 10.0. The van der Waals surface area contributed by atoms with Gasteiger partial charge in [-0.3, -0.25) is 14.4 Å². The lowest BCUT2D eigenvalue weighted by Gasteiger charge is -2.18. The SMILES string of the molecule is CC/C=C\C/C=C\C/C=C\C/C=C\C/C=C\CCCCCCCCCCCCCCCCCC(=O)OCC(COC(=O)CCCCCCCC)OC(=O)CCCCCCCCCCCCCCCCCCCCCCCCCCCC. The van der Waals surface area contributed by atoms with E-state index in [1.165, 1.54) is 250 Å². The van der Waals surface area contributed by atoms with Gasteiger partial charge in [-0.05, 0) is 64.2 Å². The van der Waals surface area contributed by atoms with E-state index in [0.29, 0.717) is 19.3 Å². The van der Waals surface area contributed by atoms with Gasteiger partial charge >= 0.3 is 17.9 Å². The summed E-state index contributed by atoms with van der Waals surface area (Å²) in [5.74, 6) is -0.854. The fourth-order valence-corrected chi connectivity index (χ4v) is 10.7. The highest BCUT2D eigenvalue weighted by Crippen LogP contribution is 2.19. The molecule has 0 spiro atoms. The van der Waals surface area contributed by atoms with Crippen molar-refractivity contribution in [3.63, 3.8) is 0 Å². The molecular weight excluding hydrogens is 997 g/mol. The molecule has 0 bridgehead atoms. The van der Waals surface area contributed by atoms with E-state index >= 15 is 0 Å². The molecule has 81 heavy (non-hydrogen) atoms. The Hall–Kier alpha value is -2.89. The fraction of sp³-hybridized carbons (Fsp3) is 0.827. The van der Waals surface area contributed by atoms with Crippen molar-refractivity contribution < 1.29 is 28.6 Å². The predicted molar refractivity (Wildman–Crippen MR) is 353 cm³/mol. The maximum Gasteiger partial charge on any atom is 0.306 e. The number of rotatable bonds is 66. The van der Waals surface area contributed by atoms with E-state index in [0.717, 1.165) is 89.9 Å². The molecule has 0 amide bonds. The van der Waals surface area contributed by atoms with Crippen molar-refractivity contribution in [1.82, 2.24) is 0 Å². The van der Waals surface area contributed by atoms with E-state index in [-0.39, 0.29) is 31.1 Å². The molecule has 472 valence electrons. The van der Waals surface area contributed by atoms with Crippen LogP contribution in [0.3, 0.4) is 0 Å². The summed E-state index contributed by atoms with van der Waals surface area (Å²) in [6.45, 7) is 6.53. The molecule has 0 saturated heterocycles. The molecular formula is C75H136O6. The molecule has 0 aliphatic carbocycles. The monoisotopic (exact) mass is 1130 g/mol. The first kappa shape index (κ1) is 78.1. The Labute approximate surface area is 504 Å². The molecule has 6 nitrogen and oxygen atoms in total. The Morgan fingerprint density at radius 3 is 0.753 bits per heavy atom. The quantitative estimate of drug-likeness (QED) is 0.0261. The third kappa shape index (κ3) is 67.8. The van der Waals surface area contributed by atoms with Crippen LogP contribution in [-0.2, 0) is 28.6 Å². The summed E-state index contributed by atoms with van der Waals surface area (Å²) < 4.78 is 16.9. The van der Waals surface area contributed by atoms with Gasteiger partial charge in [0.1, 0.15) is 13.2 Å². The molecule has 0 aromatic carbocycles. The molecule has 1 unspecified atom stereocenters. The van der Waals surface area contributed by atoms with Crippen LogP contribution in [0.5, 0.6) is 0 Å². The van der Waals surface area contributed by atoms with Crippen LogP contribution in [0.2, 0.25) is 0 Å². The highest BCUT2D eigenvalue weighted by Gasteiger charge is 2.19. The van der Waals surface area contributed by atoms with Gasteiger partial charge in [-0.1, -0.05) is 358 Å². The van der Waals surface area contributed by atoms with Gasteiger partial charge in [0.25, 0.3) is 0 Å². The molecule has 0 N–H and O–H groups in total. The summed E-state index contributed by atoms with van der Waals surface area (Å²) >= 11 is 0. The van der Waals surface area contributed by atoms with E-state index in [2.05, 4.69) is 81.5 Å². The maximum atomic E-state index is 12.9. The van der Waals surface area contributed by atoms with Crippen molar-refractivity contribution in [2.24, 2.45) is 0 Å². The molecule has 0 aromatic heterocycles. The zero-order valence-electron chi connectivity index (χ0n) is 54.3. The van der Waals surface area contributed by atoms with Crippen molar-refractivity contribution in [2.45, 2.75) is 386 Å². The first-order chi connectivity index (χ1) is 40.0. The molecule has 0 radical (unpaired) electrons. The minimum Gasteiger partial charge on any atom is -0.462 e. The van der Waals surface area contributed by atoms with Crippen molar-refractivity contribution in [3.05, 3.63) is 60.8 Å². The molecule has 1 atom stereocenters. The highest BCUT2D eigenvalue weighted by atomic mass is 16.6. The van der Waals surface area contributed by atoms with Gasteiger partial charge in [-0.2, -0.15) is 0 Å². The van der Waals surface area contributed by atoms with Gasteiger partial charge in [0.2, 0.25) is 0 Å². The highest BCUT2D eigenvalue weighted by molar-refractivity contribution is 5.71. The summed E-state index contributed by atoms with van der Waals surface area (Å²) in [5.41, 5.74) is 0. The molecule has 0 aliphatic heterocycles. The fourth-order valence-electron chi connectivity index (χ4n) is 10.7. The average molecular weight is 1130 g/mol. The van der Waals surface area contributed by atoms with Gasteiger partial charge in [-0.15, -0.1) is 0 Å². The lowest BCUT2D eigenvalue weighted by Crippen LogP contribution is -2.30. The Kier molecular flexibility index (Phi) is 67.1. The third-order valence-electron chi connectivity index (χ3n) is 16.0. The predicted octanol–water partition coefficient (Wildman–Crippen LogP) is 24.7. The number of hydrogen-bond acceptors (Lipinski definition) is 6. The average Bonchev–Trinajstić information content (AvgIpc) is 3.47. The van der Waals surface area contributed by atoms with Crippen LogP contribution >= 0.6 is 0 Å². The molecule has 0 aliphatic rings. The van der Waals surface area contributed by atoms with Crippen molar-refractivity contribution in [2.75, 3.05) is 13.2 Å². The smallest absolute Gasteiger partial charge is 0.306 e. The number of ether oxygens (including phenoxy) is 3. The topological polar surface area (TPSA) is 78.9 Å². The summed E-state index contributed by atoms with van der Waals surface area (Å²) in [5, 5.41) is 0. The number of carbonyl (C=O) groups is 3. The van der Waals surface area contributed by atoms with Crippen LogP contribution in [0, 0.1) is 0 Å². The van der Waals surface area contributed by atoms with Gasteiger partial charge in [0, 0.05) is 19.3 Å². The van der Waals surface area contributed by atoms with Crippen molar-refractivity contribution in [3.8, 4) is 0 Å². The number of unbranched alkanes of at least 4 members (excludes halogenated alkanes) is 45. The standard InChI is InChI=1S/C75H136O6/c1-4-7-10-13-16-18-20-22-24-26-28-30-32-34-36-37-38-39-40-42-43-45-47-49-51-53-55-57-59-62-65-68-74(77)80-71-72(70-79-73(76)67-64-61-15-12-9-6-3)81-75(78)69-66-63-60-58-56-54-52-50-48-46-44-41-35-33-31-29-27-25-23-21-19-17-14-11-8-5-2/h7,10,16,18,22,24,28,30,34,36,72H,4-6,8-9,11-15,17,19-21,23,25-27,29,31-33,35,37-71H2,1-3H3/b10-7-,18-16-,24-22-,30-28-,36-34-. The normalized spacial score (nSPS) is 12.4. The minimum absolute atomic E-state index is 0.0686. The Balaban J connectivity index is 3.98. The van der Waals surface area contributed by atoms with Gasteiger partial charge < -0.3 is 14.2 Å². The first-order valence-electron chi connectivity index (χ1n) is 35.8. The molecule has 0 fully saturated rings. The van der Waals surface area contributed by atoms with Gasteiger partial charge in [0.05, 0.1) is 0 Å². The molecule has 0 rings (SSSR count). The van der Waals surface area contributed by atoms with E-state index in [1.54, 1.807) is 0 Å². The first-order valence-corrected chi connectivity index (χ1v) is 35.8. The summed E-state index contributed by atoms with van der Waals surface area (Å²) in [6.07, 6.45) is 90.2. The van der Waals surface area contributed by atoms with Crippen molar-refractivity contribution in [1.29, 1.82) is 0 Å². The molecule has 0 aromatic rings. The second-order valence-electron chi connectivity index (χ2n) is 24.1. The minimum atomic E-state index is -0.768. The van der Waals surface area contributed by atoms with Crippen LogP contribution in [-0.4, -0.2) is 37.2 Å². The number of hydrogen-bond donors (Lipinski definition) is 0. The summed E-state index contributed by atoms with van der Waals surface area (Å²) in [6, 6.07) is 0. The van der Waals surface area contributed by atoms with E-state index in [9.17, 15) is 14.4 Å². The number of allylic oxidation sites excluding steroid dienone is 10. The number of esters is 3. The zero-order valence-corrected chi connectivity index (χ0v) is 54.3.